The fourth-order valence-corrected chi connectivity index (χ4v) is 2.49. The third-order valence-corrected chi connectivity index (χ3v) is 3.31. The molecule has 0 nitrogen and oxygen atoms in total. The third-order valence-electron chi connectivity index (χ3n) is 3.31. The van der Waals surface area contributed by atoms with E-state index in [0.29, 0.717) is 0 Å². The third kappa shape index (κ3) is 1.31. The molecular weight excluding hydrogens is 179 g/mol. The Bertz CT molecular complexity index is 553. The molecule has 72 valence electrons. The molecule has 2 aromatic carbocycles. The molecule has 0 fully saturated rings. The number of hydrogen-bond donors (Lipinski definition) is 0. The predicted octanol–water partition coefficient (Wildman–Crippen LogP) is 2.06. The molecule has 0 saturated carbocycles. The van der Waals surface area contributed by atoms with E-state index in [4.69, 9.17) is 0 Å². The van der Waals surface area contributed by atoms with E-state index < -0.39 is 0 Å². The molecule has 2 aromatic rings. The lowest BCUT2D eigenvalue weighted by Crippen LogP contribution is -2.13. The zero-order valence-electron chi connectivity index (χ0n) is 8.96. The van der Waals surface area contributed by atoms with Crippen molar-refractivity contribution in [2.24, 2.45) is 0 Å². The fraction of sp³-hybridized carbons (Fsp3) is 0.143. The van der Waals surface area contributed by atoms with E-state index in [0.717, 1.165) is 0 Å². The van der Waals surface area contributed by atoms with Crippen LogP contribution in [0.3, 0.4) is 0 Å². The van der Waals surface area contributed by atoms with Crippen molar-refractivity contribution in [2.45, 2.75) is 12.8 Å². The highest BCUT2D eigenvalue weighted by Gasteiger charge is 2.09. The standard InChI is InChI=1S/C14H13B/c15-14-12-7-3-1-5-10(12)9-11-6-2-4-8-13(11)14/h1,3-5,7-9H,2,6,15H2. The molecule has 3 rings (SSSR count). The summed E-state index contributed by atoms with van der Waals surface area (Å²) in [5.74, 6) is 0. The first-order valence-electron chi connectivity index (χ1n) is 5.54. The molecule has 0 spiro atoms. The summed E-state index contributed by atoms with van der Waals surface area (Å²) in [5, 5.41) is 2.77. The summed E-state index contributed by atoms with van der Waals surface area (Å²) in [5.41, 5.74) is 4.38. The number of allylic oxidation sites excluding steroid dienone is 1. The summed E-state index contributed by atoms with van der Waals surface area (Å²) in [6, 6.07) is 11.0. The lowest BCUT2D eigenvalue weighted by molar-refractivity contribution is 0.991. The molecule has 0 aromatic heterocycles. The van der Waals surface area contributed by atoms with E-state index in [2.05, 4.69) is 50.3 Å². The van der Waals surface area contributed by atoms with Crippen LogP contribution in [0.25, 0.3) is 16.8 Å². The van der Waals surface area contributed by atoms with Crippen LogP contribution in [-0.2, 0) is 6.42 Å². The zero-order valence-corrected chi connectivity index (χ0v) is 8.96. The zero-order chi connectivity index (χ0) is 10.3. The van der Waals surface area contributed by atoms with Gasteiger partial charge in [0.15, 0.2) is 0 Å². The predicted molar refractivity (Wildman–Crippen MR) is 69.5 cm³/mol. The first kappa shape index (κ1) is 8.78. The lowest BCUT2D eigenvalue weighted by Gasteiger charge is -2.15. The highest BCUT2D eigenvalue weighted by molar-refractivity contribution is 6.41. The molecule has 0 aliphatic heterocycles. The first-order valence-corrected chi connectivity index (χ1v) is 5.54. The van der Waals surface area contributed by atoms with Gasteiger partial charge in [-0.2, -0.15) is 0 Å². The van der Waals surface area contributed by atoms with Crippen molar-refractivity contribution < 1.29 is 0 Å². The Balaban J connectivity index is 2.42. The average molecular weight is 192 g/mol. The molecule has 1 aliphatic carbocycles. The molecule has 0 heterocycles. The van der Waals surface area contributed by atoms with Gasteiger partial charge in [-0.15, -0.1) is 0 Å². The van der Waals surface area contributed by atoms with E-state index in [-0.39, 0.29) is 0 Å². The van der Waals surface area contributed by atoms with Gasteiger partial charge in [-0.1, -0.05) is 47.9 Å². The van der Waals surface area contributed by atoms with Gasteiger partial charge in [0, 0.05) is 0 Å². The smallest absolute Gasteiger partial charge is 0.0836 e. The highest BCUT2D eigenvalue weighted by atomic mass is 14.1. The number of hydrogen-bond acceptors (Lipinski definition) is 0. The van der Waals surface area contributed by atoms with Crippen molar-refractivity contribution in [1.82, 2.24) is 0 Å². The summed E-state index contributed by atoms with van der Waals surface area (Å²) >= 11 is 0. The molecule has 0 amide bonds. The van der Waals surface area contributed by atoms with E-state index in [9.17, 15) is 0 Å². The van der Waals surface area contributed by atoms with E-state index in [1.54, 1.807) is 0 Å². The van der Waals surface area contributed by atoms with Crippen LogP contribution in [0, 0.1) is 0 Å². The number of aryl methyl sites for hydroxylation is 1. The first-order chi connectivity index (χ1) is 7.36. The van der Waals surface area contributed by atoms with Gasteiger partial charge in [-0.25, -0.2) is 0 Å². The Morgan fingerprint density at radius 3 is 2.93 bits per heavy atom. The van der Waals surface area contributed by atoms with Crippen molar-refractivity contribution in [3.63, 3.8) is 0 Å². The molecule has 15 heavy (non-hydrogen) atoms. The second-order valence-electron chi connectivity index (χ2n) is 4.24. The van der Waals surface area contributed by atoms with Gasteiger partial charge < -0.3 is 0 Å². The van der Waals surface area contributed by atoms with Gasteiger partial charge in [-0.3, -0.25) is 0 Å². The quantitative estimate of drug-likeness (QED) is 0.560. The number of fused-ring (bicyclic) bond motifs is 2. The van der Waals surface area contributed by atoms with Crippen LogP contribution >= 0.6 is 0 Å². The summed E-state index contributed by atoms with van der Waals surface area (Å²) in [4.78, 5) is 0. The maximum atomic E-state index is 2.35. The van der Waals surface area contributed by atoms with Crippen molar-refractivity contribution in [3.8, 4) is 0 Å². The van der Waals surface area contributed by atoms with E-state index in [1.807, 2.05) is 0 Å². The van der Waals surface area contributed by atoms with Gasteiger partial charge in [0.05, 0.1) is 0 Å². The van der Waals surface area contributed by atoms with Crippen molar-refractivity contribution >= 4 is 30.2 Å². The Labute approximate surface area is 91.0 Å². The molecule has 0 N–H and O–H groups in total. The second kappa shape index (κ2) is 3.27. The maximum Gasteiger partial charge on any atom is 0.140 e. The monoisotopic (exact) mass is 192 g/mol. The SMILES string of the molecule is Bc1c2c(cc3ccccc13)CCC=C2. The minimum absolute atomic E-state index is 1.19. The van der Waals surface area contributed by atoms with Crippen LogP contribution < -0.4 is 5.46 Å². The topological polar surface area (TPSA) is 0 Å². The van der Waals surface area contributed by atoms with Crippen LogP contribution in [0.15, 0.2) is 36.4 Å². The van der Waals surface area contributed by atoms with E-state index >= 15 is 0 Å². The number of rotatable bonds is 0. The van der Waals surface area contributed by atoms with Crippen molar-refractivity contribution in [2.75, 3.05) is 0 Å². The van der Waals surface area contributed by atoms with Gasteiger partial charge in [0.2, 0.25) is 0 Å². The minimum atomic E-state index is 1.19. The van der Waals surface area contributed by atoms with Crippen LogP contribution in [-0.4, -0.2) is 7.85 Å². The van der Waals surface area contributed by atoms with Gasteiger partial charge >= 0.3 is 0 Å². The normalized spacial score (nSPS) is 14.1. The fourth-order valence-electron chi connectivity index (χ4n) is 2.49. The molecule has 0 unspecified atom stereocenters. The van der Waals surface area contributed by atoms with Crippen LogP contribution in [0.2, 0.25) is 0 Å². The molecule has 0 saturated heterocycles. The van der Waals surface area contributed by atoms with Gasteiger partial charge in [0.25, 0.3) is 0 Å². The Morgan fingerprint density at radius 2 is 2.00 bits per heavy atom. The summed E-state index contributed by atoms with van der Waals surface area (Å²) in [6.07, 6.45) is 6.94. The Hall–Kier alpha value is -1.50. The minimum Gasteiger partial charge on any atom is -0.0836 e. The van der Waals surface area contributed by atoms with Crippen molar-refractivity contribution in [3.05, 3.63) is 47.5 Å². The molecule has 0 radical (unpaired) electrons. The Kier molecular flexibility index (Phi) is 1.91. The lowest BCUT2D eigenvalue weighted by atomic mass is 9.80. The number of benzene rings is 2. The van der Waals surface area contributed by atoms with Gasteiger partial charge in [-0.05, 0) is 34.7 Å². The average Bonchev–Trinajstić information content (AvgIpc) is 2.30. The molecule has 1 heteroatoms. The summed E-state index contributed by atoms with van der Waals surface area (Å²) in [6.45, 7) is 0. The summed E-state index contributed by atoms with van der Waals surface area (Å²) in [7, 11) is 2.23. The second-order valence-corrected chi connectivity index (χ2v) is 4.24. The maximum absolute atomic E-state index is 2.35. The highest BCUT2D eigenvalue weighted by Crippen LogP contribution is 2.22. The Morgan fingerprint density at radius 1 is 1.13 bits per heavy atom. The molecule has 0 atom stereocenters. The van der Waals surface area contributed by atoms with Crippen LogP contribution in [0.5, 0.6) is 0 Å². The van der Waals surface area contributed by atoms with Crippen LogP contribution in [0.1, 0.15) is 17.5 Å². The summed E-state index contributed by atoms with van der Waals surface area (Å²) < 4.78 is 0. The van der Waals surface area contributed by atoms with Crippen LogP contribution in [0.4, 0.5) is 0 Å². The van der Waals surface area contributed by atoms with Gasteiger partial charge in [0.1, 0.15) is 7.85 Å². The molecule has 1 aliphatic rings. The van der Waals surface area contributed by atoms with Crippen molar-refractivity contribution in [1.29, 1.82) is 0 Å². The molecular formula is C14H13B. The van der Waals surface area contributed by atoms with E-state index in [1.165, 1.54) is 40.2 Å². The largest absolute Gasteiger partial charge is 0.140 e. The molecule has 0 bridgehead atoms.